The fourth-order valence-electron chi connectivity index (χ4n) is 8.12. The lowest BCUT2D eigenvalue weighted by Crippen LogP contribution is -2.45. The predicted octanol–water partition coefficient (Wildman–Crippen LogP) is 15.9. The molecule has 5 nitrogen and oxygen atoms in total. The van der Waals surface area contributed by atoms with Crippen LogP contribution in [0.3, 0.4) is 0 Å². The van der Waals surface area contributed by atoms with Crippen LogP contribution in [0.4, 0.5) is 0 Å². The molecule has 0 aromatic heterocycles. The van der Waals surface area contributed by atoms with E-state index < -0.39 is 18.2 Å². The molecule has 0 aliphatic rings. The van der Waals surface area contributed by atoms with Crippen LogP contribution in [-0.4, -0.2) is 46.1 Å². The smallest absolute Gasteiger partial charge is 0.222 e. The Bertz CT molecular complexity index is 916. The molecule has 3 unspecified atom stereocenters. The van der Waals surface area contributed by atoms with Gasteiger partial charge in [0.25, 0.3) is 0 Å². The molecule has 0 saturated carbocycles. The number of unbranched alkanes of at least 4 members (excludes halogenated alkanes) is 35. The molecular formula is C54H103NO4. The summed E-state index contributed by atoms with van der Waals surface area (Å²) in [5, 5.41) is 33.4. The Labute approximate surface area is 368 Å². The minimum absolute atomic E-state index is 0.00115. The Morgan fingerprint density at radius 1 is 0.424 bits per heavy atom. The number of carbonyl (C=O) groups is 1. The van der Waals surface area contributed by atoms with Crippen LogP contribution in [0.15, 0.2) is 36.5 Å². The van der Waals surface area contributed by atoms with Crippen molar-refractivity contribution in [2.24, 2.45) is 0 Å². The van der Waals surface area contributed by atoms with Gasteiger partial charge in [0.1, 0.15) is 0 Å². The first-order valence-corrected chi connectivity index (χ1v) is 26.3. The highest BCUT2D eigenvalue weighted by atomic mass is 16.3. The van der Waals surface area contributed by atoms with Crippen LogP contribution in [0, 0.1) is 0 Å². The third-order valence-electron chi connectivity index (χ3n) is 12.1. The zero-order chi connectivity index (χ0) is 43.0. The molecule has 0 aromatic carbocycles. The number of aliphatic hydroxyl groups excluding tert-OH is 3. The Kier molecular flexibility index (Phi) is 48.0. The van der Waals surface area contributed by atoms with Crippen LogP contribution in [0.5, 0.6) is 0 Å². The van der Waals surface area contributed by atoms with Crippen molar-refractivity contribution in [3.63, 3.8) is 0 Å². The highest BCUT2D eigenvalue weighted by Gasteiger charge is 2.20. The van der Waals surface area contributed by atoms with Gasteiger partial charge < -0.3 is 20.6 Å². The van der Waals surface area contributed by atoms with Gasteiger partial charge >= 0.3 is 0 Å². The first kappa shape index (κ1) is 57.6. The number of rotatable bonds is 48. The van der Waals surface area contributed by atoms with Crippen molar-refractivity contribution in [3.05, 3.63) is 36.5 Å². The largest absolute Gasteiger partial charge is 0.394 e. The van der Waals surface area contributed by atoms with E-state index in [9.17, 15) is 20.1 Å². The van der Waals surface area contributed by atoms with Crippen molar-refractivity contribution in [2.45, 2.75) is 295 Å². The van der Waals surface area contributed by atoms with E-state index in [1.165, 1.54) is 205 Å². The lowest BCUT2D eigenvalue weighted by atomic mass is 10.0. The van der Waals surface area contributed by atoms with E-state index in [4.69, 9.17) is 0 Å². The summed E-state index contributed by atoms with van der Waals surface area (Å²) in [5.41, 5.74) is 0. The van der Waals surface area contributed by atoms with Crippen molar-refractivity contribution < 1.29 is 20.1 Å². The summed E-state index contributed by atoms with van der Waals surface area (Å²) >= 11 is 0. The number of nitrogens with one attached hydrogen (secondary N) is 1. The Morgan fingerprint density at radius 2 is 0.729 bits per heavy atom. The van der Waals surface area contributed by atoms with Crippen LogP contribution >= 0.6 is 0 Å². The van der Waals surface area contributed by atoms with E-state index >= 15 is 0 Å². The highest BCUT2D eigenvalue weighted by Crippen LogP contribution is 2.16. The standard InChI is InChI=1S/C54H103NO4/c1-3-5-7-9-11-13-15-17-19-21-23-25-26-28-30-32-34-36-38-40-42-44-46-48-53(58)52(50-56)55-54(59)49-51(57)47-45-43-41-39-37-35-33-31-29-27-24-22-20-18-16-14-12-10-8-6-4-2/h31,33,38,40,46,48,51-53,56-58H,3-30,32,34-37,39,41-45,47,49-50H2,1-2H3,(H,55,59)/b33-31-,40-38+,48-46+. The summed E-state index contributed by atoms with van der Waals surface area (Å²) in [6, 6.07) is -0.764. The monoisotopic (exact) mass is 830 g/mol. The second-order valence-corrected chi connectivity index (χ2v) is 18.1. The van der Waals surface area contributed by atoms with Gasteiger partial charge in [-0.05, 0) is 57.8 Å². The molecule has 0 aliphatic heterocycles. The normalized spacial score (nSPS) is 13.6. The van der Waals surface area contributed by atoms with Crippen molar-refractivity contribution in [1.82, 2.24) is 5.32 Å². The van der Waals surface area contributed by atoms with E-state index in [0.717, 1.165) is 44.9 Å². The molecule has 5 heteroatoms. The molecule has 0 rings (SSSR count). The van der Waals surface area contributed by atoms with E-state index in [1.807, 2.05) is 6.08 Å². The van der Waals surface area contributed by atoms with Crippen molar-refractivity contribution in [3.8, 4) is 0 Å². The van der Waals surface area contributed by atoms with Gasteiger partial charge in [0, 0.05) is 0 Å². The van der Waals surface area contributed by atoms with E-state index in [1.54, 1.807) is 6.08 Å². The molecule has 0 aromatic rings. The van der Waals surface area contributed by atoms with E-state index in [-0.39, 0.29) is 18.9 Å². The van der Waals surface area contributed by atoms with Gasteiger partial charge in [0.15, 0.2) is 0 Å². The van der Waals surface area contributed by atoms with Gasteiger partial charge in [-0.3, -0.25) is 4.79 Å². The highest BCUT2D eigenvalue weighted by molar-refractivity contribution is 5.76. The zero-order valence-corrected chi connectivity index (χ0v) is 39.6. The summed E-state index contributed by atoms with van der Waals surface area (Å²) in [4.78, 5) is 12.5. The van der Waals surface area contributed by atoms with Crippen LogP contribution < -0.4 is 5.32 Å². The van der Waals surface area contributed by atoms with Crippen molar-refractivity contribution >= 4 is 5.91 Å². The minimum Gasteiger partial charge on any atom is -0.394 e. The lowest BCUT2D eigenvalue weighted by Gasteiger charge is -2.20. The second kappa shape index (κ2) is 49.2. The Morgan fingerprint density at radius 3 is 1.08 bits per heavy atom. The fraction of sp³-hybridized carbons (Fsp3) is 0.870. The molecule has 0 aliphatic carbocycles. The Balaban J connectivity index is 3.65. The van der Waals surface area contributed by atoms with Crippen LogP contribution in [0.2, 0.25) is 0 Å². The quantitative estimate of drug-likeness (QED) is 0.0363. The molecule has 1 amide bonds. The summed E-state index contributed by atoms with van der Waals surface area (Å²) < 4.78 is 0. The van der Waals surface area contributed by atoms with Crippen LogP contribution in [-0.2, 0) is 4.79 Å². The molecule has 0 saturated heterocycles. The van der Waals surface area contributed by atoms with E-state index in [0.29, 0.717) is 6.42 Å². The third-order valence-corrected chi connectivity index (χ3v) is 12.1. The van der Waals surface area contributed by atoms with Crippen LogP contribution in [0.25, 0.3) is 0 Å². The maximum Gasteiger partial charge on any atom is 0.222 e. The molecule has 0 heterocycles. The van der Waals surface area contributed by atoms with Gasteiger partial charge in [-0.25, -0.2) is 0 Å². The summed E-state index contributed by atoms with van der Waals surface area (Å²) in [6.45, 7) is 4.23. The summed E-state index contributed by atoms with van der Waals surface area (Å²) in [7, 11) is 0. The molecule has 348 valence electrons. The number of allylic oxidation sites excluding steroid dienone is 5. The average Bonchev–Trinajstić information content (AvgIpc) is 3.23. The maximum absolute atomic E-state index is 12.5. The van der Waals surface area contributed by atoms with Gasteiger partial charge in [0.05, 0.1) is 31.3 Å². The molecular weight excluding hydrogens is 727 g/mol. The number of hydrogen-bond acceptors (Lipinski definition) is 4. The molecule has 0 fully saturated rings. The fourth-order valence-corrected chi connectivity index (χ4v) is 8.12. The molecule has 0 radical (unpaired) electrons. The van der Waals surface area contributed by atoms with Crippen molar-refractivity contribution in [2.75, 3.05) is 6.61 Å². The molecule has 59 heavy (non-hydrogen) atoms. The summed E-state index contributed by atoms with van der Waals surface area (Å²) in [5.74, 6) is -0.327. The number of carbonyl (C=O) groups excluding carboxylic acids is 1. The maximum atomic E-state index is 12.5. The topological polar surface area (TPSA) is 89.8 Å². The third kappa shape index (κ3) is 45.9. The molecule has 0 spiro atoms. The lowest BCUT2D eigenvalue weighted by molar-refractivity contribution is -0.124. The van der Waals surface area contributed by atoms with Crippen LogP contribution in [0.1, 0.15) is 277 Å². The van der Waals surface area contributed by atoms with Gasteiger partial charge in [-0.15, -0.1) is 0 Å². The number of aliphatic hydroxyl groups is 3. The van der Waals surface area contributed by atoms with E-state index in [2.05, 4.69) is 43.5 Å². The molecule has 3 atom stereocenters. The van der Waals surface area contributed by atoms with Gasteiger partial charge in [-0.1, -0.05) is 249 Å². The van der Waals surface area contributed by atoms with Gasteiger partial charge in [0.2, 0.25) is 5.91 Å². The zero-order valence-electron chi connectivity index (χ0n) is 39.6. The van der Waals surface area contributed by atoms with Crippen molar-refractivity contribution in [1.29, 1.82) is 0 Å². The number of hydrogen-bond donors (Lipinski definition) is 4. The predicted molar refractivity (Wildman–Crippen MR) is 259 cm³/mol. The molecule has 0 bridgehead atoms. The minimum atomic E-state index is -0.954. The average molecular weight is 830 g/mol. The summed E-state index contributed by atoms with van der Waals surface area (Å²) in [6.07, 6.45) is 63.2. The second-order valence-electron chi connectivity index (χ2n) is 18.1. The number of amides is 1. The SMILES string of the molecule is CCCCCCCCCCCCCC/C=C\CCCCCCCC(O)CC(=O)NC(CO)C(O)/C=C/CC/C=C/CCCCCCCCCCCCCCCCCCC. The Hall–Kier alpha value is -1.43. The first-order valence-electron chi connectivity index (χ1n) is 26.3. The first-order chi connectivity index (χ1) is 29.0. The molecule has 4 N–H and O–H groups in total. The van der Waals surface area contributed by atoms with Gasteiger partial charge in [-0.2, -0.15) is 0 Å².